The van der Waals surface area contributed by atoms with Gasteiger partial charge in [0, 0.05) is 12.7 Å². The van der Waals surface area contributed by atoms with Crippen LogP contribution < -0.4 is 5.32 Å². The number of nitrogens with zero attached hydrogens (tertiary/aromatic N) is 1. The summed E-state index contributed by atoms with van der Waals surface area (Å²) in [6.45, 7) is 0.723. The van der Waals surface area contributed by atoms with E-state index in [0.717, 1.165) is 25.1 Å². The third kappa shape index (κ3) is 4.53. The highest BCUT2D eigenvalue weighted by atomic mass is 79.9. The summed E-state index contributed by atoms with van der Waals surface area (Å²) in [5.74, 6) is 1.08. The van der Waals surface area contributed by atoms with Crippen molar-refractivity contribution in [1.29, 1.82) is 0 Å². The molecule has 0 bridgehead atoms. The Hall–Kier alpha value is -0.550. The molecule has 1 heterocycles. The molecule has 0 fully saturated rings. The molecule has 0 atom stereocenters. The molecule has 1 aromatic heterocycles. The van der Waals surface area contributed by atoms with E-state index in [9.17, 15) is 4.79 Å². The lowest BCUT2D eigenvalue weighted by Crippen LogP contribution is -2.25. The van der Waals surface area contributed by atoms with Gasteiger partial charge in [0.05, 0.1) is 5.56 Å². The Morgan fingerprint density at radius 2 is 2.38 bits per heavy atom. The zero-order chi connectivity index (χ0) is 11.8. The average molecular weight is 303 g/mol. The van der Waals surface area contributed by atoms with Gasteiger partial charge in [-0.05, 0) is 52.9 Å². The molecule has 16 heavy (non-hydrogen) atoms. The average Bonchev–Trinajstić information content (AvgIpc) is 2.29. The second-order valence-corrected chi connectivity index (χ2v) is 5.03. The molecule has 0 saturated heterocycles. The van der Waals surface area contributed by atoms with Crippen molar-refractivity contribution in [2.24, 2.45) is 0 Å². The van der Waals surface area contributed by atoms with Crippen molar-refractivity contribution in [3.05, 3.63) is 28.5 Å². The monoisotopic (exact) mass is 302 g/mol. The number of halogens is 1. The maximum absolute atomic E-state index is 11.7. The molecular formula is C11H15BrN2OS. The lowest BCUT2D eigenvalue weighted by Gasteiger charge is -2.05. The van der Waals surface area contributed by atoms with Crippen LogP contribution in [-0.4, -0.2) is 29.4 Å². The summed E-state index contributed by atoms with van der Waals surface area (Å²) in [7, 11) is 0. The SMILES string of the molecule is CSCCCCNC(=O)c1cccnc1Br. The molecule has 1 amide bonds. The van der Waals surface area contributed by atoms with Gasteiger partial charge in [0.15, 0.2) is 0 Å². The van der Waals surface area contributed by atoms with E-state index in [2.05, 4.69) is 32.5 Å². The molecule has 0 aromatic carbocycles. The van der Waals surface area contributed by atoms with Crippen LogP contribution in [0.5, 0.6) is 0 Å². The first-order valence-electron chi connectivity index (χ1n) is 5.13. The normalized spacial score (nSPS) is 10.1. The second-order valence-electron chi connectivity index (χ2n) is 3.30. The minimum absolute atomic E-state index is 0.0656. The molecule has 3 nitrogen and oxygen atoms in total. The van der Waals surface area contributed by atoms with E-state index < -0.39 is 0 Å². The smallest absolute Gasteiger partial charge is 0.254 e. The molecule has 0 spiro atoms. The van der Waals surface area contributed by atoms with Gasteiger partial charge in [-0.15, -0.1) is 0 Å². The molecule has 1 N–H and O–H groups in total. The van der Waals surface area contributed by atoms with E-state index in [1.54, 1.807) is 18.3 Å². The molecule has 5 heteroatoms. The van der Waals surface area contributed by atoms with Crippen LogP contribution in [0.25, 0.3) is 0 Å². The fourth-order valence-corrected chi connectivity index (χ4v) is 2.15. The highest BCUT2D eigenvalue weighted by Crippen LogP contribution is 2.11. The van der Waals surface area contributed by atoms with Crippen molar-refractivity contribution < 1.29 is 4.79 Å². The number of carbonyl (C=O) groups is 1. The van der Waals surface area contributed by atoms with Crippen LogP contribution in [0.2, 0.25) is 0 Å². The number of nitrogens with one attached hydrogen (secondary N) is 1. The first-order valence-corrected chi connectivity index (χ1v) is 7.32. The Kier molecular flexibility index (Phi) is 6.49. The fourth-order valence-electron chi connectivity index (χ4n) is 1.22. The number of pyridine rings is 1. The first kappa shape index (κ1) is 13.5. The van der Waals surface area contributed by atoms with Crippen LogP contribution in [0.1, 0.15) is 23.2 Å². The number of carbonyl (C=O) groups excluding carboxylic acids is 1. The molecule has 0 aliphatic carbocycles. The van der Waals surface area contributed by atoms with E-state index in [1.807, 2.05) is 11.8 Å². The molecule has 0 radical (unpaired) electrons. The number of unbranched alkanes of at least 4 members (excludes halogenated alkanes) is 1. The van der Waals surface area contributed by atoms with E-state index >= 15 is 0 Å². The third-order valence-corrected chi connectivity index (χ3v) is 3.39. The highest BCUT2D eigenvalue weighted by Gasteiger charge is 2.08. The largest absolute Gasteiger partial charge is 0.352 e. The molecule has 0 aliphatic rings. The van der Waals surface area contributed by atoms with E-state index in [4.69, 9.17) is 0 Å². The third-order valence-electron chi connectivity index (χ3n) is 2.06. The predicted molar refractivity (Wildman–Crippen MR) is 71.9 cm³/mol. The van der Waals surface area contributed by atoms with Gasteiger partial charge in [-0.25, -0.2) is 4.98 Å². The molecule has 0 saturated carbocycles. The fraction of sp³-hybridized carbons (Fsp3) is 0.455. The second kappa shape index (κ2) is 7.68. The van der Waals surface area contributed by atoms with Gasteiger partial charge in [-0.2, -0.15) is 11.8 Å². The standard InChI is InChI=1S/C11H15BrN2OS/c1-16-8-3-2-6-14-11(15)9-5-4-7-13-10(9)12/h4-5,7H,2-3,6,8H2,1H3,(H,14,15). The number of amides is 1. The summed E-state index contributed by atoms with van der Waals surface area (Å²) in [5, 5.41) is 2.88. The Morgan fingerprint density at radius 3 is 3.06 bits per heavy atom. The number of hydrogen-bond donors (Lipinski definition) is 1. The Balaban J connectivity index is 2.33. The van der Waals surface area contributed by atoms with Crippen molar-refractivity contribution in [3.8, 4) is 0 Å². The van der Waals surface area contributed by atoms with Crippen molar-refractivity contribution >= 4 is 33.6 Å². The number of aromatic nitrogens is 1. The number of hydrogen-bond acceptors (Lipinski definition) is 3. The highest BCUT2D eigenvalue weighted by molar-refractivity contribution is 9.10. The van der Waals surface area contributed by atoms with Crippen LogP contribution >= 0.6 is 27.7 Å². The van der Waals surface area contributed by atoms with Crippen LogP contribution in [0.3, 0.4) is 0 Å². The van der Waals surface area contributed by atoms with Gasteiger partial charge in [0.25, 0.3) is 5.91 Å². The summed E-state index contributed by atoms with van der Waals surface area (Å²) in [6, 6.07) is 3.52. The van der Waals surface area contributed by atoms with E-state index in [-0.39, 0.29) is 5.91 Å². The minimum atomic E-state index is -0.0656. The lowest BCUT2D eigenvalue weighted by atomic mass is 10.2. The Labute approximate surface area is 109 Å². The van der Waals surface area contributed by atoms with E-state index in [1.165, 1.54) is 0 Å². The van der Waals surface area contributed by atoms with Crippen molar-refractivity contribution in [2.75, 3.05) is 18.6 Å². The zero-order valence-corrected chi connectivity index (χ0v) is 11.6. The number of thioether (sulfide) groups is 1. The maximum atomic E-state index is 11.7. The minimum Gasteiger partial charge on any atom is -0.352 e. The molecule has 88 valence electrons. The molecule has 0 unspecified atom stereocenters. The summed E-state index contributed by atoms with van der Waals surface area (Å²) in [6.07, 6.45) is 5.89. The van der Waals surface area contributed by atoms with E-state index in [0.29, 0.717) is 10.2 Å². The molecule has 1 aromatic rings. The predicted octanol–water partition coefficient (Wildman–Crippen LogP) is 2.72. The van der Waals surface area contributed by atoms with Gasteiger partial charge in [-0.3, -0.25) is 4.79 Å². The summed E-state index contributed by atoms with van der Waals surface area (Å²) in [4.78, 5) is 15.7. The Morgan fingerprint density at radius 1 is 1.56 bits per heavy atom. The molecule has 1 rings (SSSR count). The lowest BCUT2D eigenvalue weighted by molar-refractivity contribution is 0.0952. The topological polar surface area (TPSA) is 42.0 Å². The van der Waals surface area contributed by atoms with Crippen molar-refractivity contribution in [1.82, 2.24) is 10.3 Å². The van der Waals surface area contributed by atoms with Crippen molar-refractivity contribution in [3.63, 3.8) is 0 Å². The van der Waals surface area contributed by atoms with Gasteiger partial charge in [-0.1, -0.05) is 0 Å². The summed E-state index contributed by atoms with van der Waals surface area (Å²) >= 11 is 5.08. The van der Waals surface area contributed by atoms with Gasteiger partial charge >= 0.3 is 0 Å². The van der Waals surface area contributed by atoms with Crippen LogP contribution in [0, 0.1) is 0 Å². The van der Waals surface area contributed by atoms with Crippen molar-refractivity contribution in [2.45, 2.75) is 12.8 Å². The van der Waals surface area contributed by atoms with Crippen LogP contribution in [0.15, 0.2) is 22.9 Å². The first-order chi connectivity index (χ1) is 7.75. The summed E-state index contributed by atoms with van der Waals surface area (Å²) < 4.78 is 0.594. The number of rotatable bonds is 6. The van der Waals surface area contributed by atoms with Gasteiger partial charge in [0.1, 0.15) is 4.60 Å². The molecule has 0 aliphatic heterocycles. The Bertz CT molecular complexity index is 347. The maximum Gasteiger partial charge on any atom is 0.254 e. The van der Waals surface area contributed by atoms with Gasteiger partial charge in [0.2, 0.25) is 0 Å². The summed E-state index contributed by atoms with van der Waals surface area (Å²) in [5.41, 5.74) is 0.590. The van der Waals surface area contributed by atoms with Crippen LogP contribution in [-0.2, 0) is 0 Å². The van der Waals surface area contributed by atoms with Crippen LogP contribution in [0.4, 0.5) is 0 Å². The molecular weight excluding hydrogens is 288 g/mol. The van der Waals surface area contributed by atoms with Gasteiger partial charge < -0.3 is 5.32 Å². The zero-order valence-electron chi connectivity index (χ0n) is 9.20. The quantitative estimate of drug-likeness (QED) is 0.649.